The van der Waals surface area contributed by atoms with Crippen molar-refractivity contribution in [3.63, 3.8) is 0 Å². The summed E-state index contributed by atoms with van der Waals surface area (Å²) in [5, 5.41) is 0. The molecule has 0 bridgehead atoms. The lowest BCUT2D eigenvalue weighted by molar-refractivity contribution is 0.340. The Hall–Kier alpha value is -0.0200. The average Bonchev–Trinajstić information content (AvgIpc) is 2.67. The van der Waals surface area contributed by atoms with Crippen LogP contribution in [0.3, 0.4) is 0 Å². The smallest absolute Gasteiger partial charge is 0.120 e. The van der Waals surface area contributed by atoms with Gasteiger partial charge in [-0.3, -0.25) is 0 Å². The molecular weight excluding hydrogens is 380 g/mol. The highest BCUT2D eigenvalue weighted by molar-refractivity contribution is 9.11. The lowest BCUT2D eigenvalue weighted by Gasteiger charge is -2.19. The van der Waals surface area contributed by atoms with E-state index in [2.05, 4.69) is 50.1 Å². The van der Waals surface area contributed by atoms with Crippen LogP contribution < -0.4 is 4.74 Å². The van der Waals surface area contributed by atoms with Crippen LogP contribution in [0, 0.1) is 5.92 Å². The molecular formula is C17H24Br2O. The molecule has 1 nitrogen and oxygen atoms in total. The molecule has 112 valence electrons. The fourth-order valence-corrected chi connectivity index (χ4v) is 4.91. The summed E-state index contributed by atoms with van der Waals surface area (Å²) in [6, 6.07) is 6.34. The summed E-state index contributed by atoms with van der Waals surface area (Å²) in [7, 11) is 0. The first-order valence-electron chi connectivity index (χ1n) is 7.77. The van der Waals surface area contributed by atoms with Gasteiger partial charge in [0.1, 0.15) is 5.75 Å². The number of hydrogen-bond acceptors (Lipinski definition) is 1. The minimum atomic E-state index is 0.440. The van der Waals surface area contributed by atoms with Crippen LogP contribution in [0.15, 0.2) is 22.7 Å². The lowest BCUT2D eigenvalue weighted by atomic mass is 9.93. The van der Waals surface area contributed by atoms with Crippen molar-refractivity contribution in [1.29, 1.82) is 0 Å². The molecule has 1 fully saturated rings. The molecule has 20 heavy (non-hydrogen) atoms. The van der Waals surface area contributed by atoms with Crippen LogP contribution in [0.5, 0.6) is 5.75 Å². The van der Waals surface area contributed by atoms with E-state index in [1.165, 1.54) is 50.5 Å². The van der Waals surface area contributed by atoms with Gasteiger partial charge in [-0.15, -0.1) is 0 Å². The molecule has 0 amide bonds. The van der Waals surface area contributed by atoms with E-state index in [-0.39, 0.29) is 0 Å². The minimum absolute atomic E-state index is 0.440. The summed E-state index contributed by atoms with van der Waals surface area (Å²) in [6.45, 7) is 2.73. The molecule has 1 aromatic carbocycles. The molecule has 3 heteroatoms. The summed E-state index contributed by atoms with van der Waals surface area (Å²) in [5.41, 5.74) is 1.35. The fourth-order valence-electron chi connectivity index (χ4n) is 3.04. The van der Waals surface area contributed by atoms with Gasteiger partial charge in [-0.1, -0.05) is 76.5 Å². The van der Waals surface area contributed by atoms with Gasteiger partial charge in [0, 0.05) is 9.30 Å². The molecule has 0 saturated heterocycles. The van der Waals surface area contributed by atoms with Crippen molar-refractivity contribution < 1.29 is 4.74 Å². The van der Waals surface area contributed by atoms with Crippen LogP contribution in [0.1, 0.15) is 62.3 Å². The third-order valence-corrected chi connectivity index (χ3v) is 5.69. The van der Waals surface area contributed by atoms with E-state index in [1.807, 2.05) is 6.92 Å². The van der Waals surface area contributed by atoms with E-state index in [0.717, 1.165) is 16.1 Å². The largest absolute Gasteiger partial charge is 0.494 e. The van der Waals surface area contributed by atoms with E-state index in [0.29, 0.717) is 11.4 Å². The van der Waals surface area contributed by atoms with E-state index in [9.17, 15) is 0 Å². The Balaban J connectivity index is 1.98. The Morgan fingerprint density at radius 1 is 1.20 bits per heavy atom. The Bertz CT molecular complexity index is 411. The predicted octanol–water partition coefficient (Wildman–Crippen LogP) is 6.64. The van der Waals surface area contributed by atoms with Crippen molar-refractivity contribution >= 4 is 31.9 Å². The van der Waals surface area contributed by atoms with Crippen molar-refractivity contribution in [2.24, 2.45) is 5.92 Å². The van der Waals surface area contributed by atoms with Gasteiger partial charge >= 0.3 is 0 Å². The van der Waals surface area contributed by atoms with Gasteiger partial charge in [-0.25, -0.2) is 0 Å². The zero-order valence-electron chi connectivity index (χ0n) is 12.2. The van der Waals surface area contributed by atoms with Crippen molar-refractivity contribution in [3.05, 3.63) is 28.2 Å². The first-order chi connectivity index (χ1) is 9.70. The van der Waals surface area contributed by atoms with Crippen LogP contribution in [-0.4, -0.2) is 6.61 Å². The summed E-state index contributed by atoms with van der Waals surface area (Å²) in [4.78, 5) is 0.440. The monoisotopic (exact) mass is 402 g/mol. The zero-order chi connectivity index (χ0) is 14.4. The van der Waals surface area contributed by atoms with Crippen LogP contribution in [0.2, 0.25) is 0 Å². The molecule has 1 aromatic rings. The Labute approximate surface area is 139 Å². The minimum Gasteiger partial charge on any atom is -0.494 e. The second kappa shape index (κ2) is 8.43. The SMILES string of the molecule is CCOc1ccc(C(Br)CC2CCCCCC2)c(Br)c1. The van der Waals surface area contributed by atoms with Crippen molar-refractivity contribution in [2.75, 3.05) is 6.61 Å². The van der Waals surface area contributed by atoms with Gasteiger partial charge in [0.15, 0.2) is 0 Å². The van der Waals surface area contributed by atoms with Gasteiger partial charge < -0.3 is 4.74 Å². The standard InChI is InChI=1S/C17H24Br2O/c1-2-20-14-9-10-15(17(19)12-14)16(18)11-13-7-5-3-4-6-8-13/h9-10,12-13,16H,2-8,11H2,1H3. The first kappa shape index (κ1) is 16.4. The van der Waals surface area contributed by atoms with Crippen molar-refractivity contribution in [2.45, 2.75) is 56.7 Å². The molecule has 1 atom stereocenters. The summed E-state index contributed by atoms with van der Waals surface area (Å²) in [5.74, 6) is 1.82. The van der Waals surface area contributed by atoms with Crippen LogP contribution in [0.4, 0.5) is 0 Å². The van der Waals surface area contributed by atoms with E-state index in [1.54, 1.807) is 0 Å². The highest BCUT2D eigenvalue weighted by atomic mass is 79.9. The predicted molar refractivity (Wildman–Crippen MR) is 92.8 cm³/mol. The fraction of sp³-hybridized carbons (Fsp3) is 0.647. The van der Waals surface area contributed by atoms with Crippen LogP contribution in [-0.2, 0) is 0 Å². The number of rotatable bonds is 5. The number of hydrogen-bond donors (Lipinski definition) is 0. The molecule has 1 aliphatic carbocycles. The van der Waals surface area contributed by atoms with Gasteiger partial charge in [-0.2, -0.15) is 0 Å². The molecule has 1 aliphatic rings. The quantitative estimate of drug-likeness (QED) is 0.395. The lowest BCUT2D eigenvalue weighted by Crippen LogP contribution is -2.04. The topological polar surface area (TPSA) is 9.23 Å². The maximum atomic E-state index is 5.54. The highest BCUT2D eigenvalue weighted by Crippen LogP contribution is 2.39. The van der Waals surface area contributed by atoms with E-state index in [4.69, 9.17) is 4.74 Å². The summed E-state index contributed by atoms with van der Waals surface area (Å²) >= 11 is 7.58. The van der Waals surface area contributed by atoms with Crippen LogP contribution in [0.25, 0.3) is 0 Å². The third-order valence-electron chi connectivity index (χ3n) is 4.14. The molecule has 1 unspecified atom stereocenters. The molecule has 0 aliphatic heterocycles. The Morgan fingerprint density at radius 3 is 2.50 bits per heavy atom. The van der Waals surface area contributed by atoms with Crippen molar-refractivity contribution in [1.82, 2.24) is 0 Å². The summed E-state index contributed by atoms with van der Waals surface area (Å²) < 4.78 is 6.69. The zero-order valence-corrected chi connectivity index (χ0v) is 15.4. The van der Waals surface area contributed by atoms with E-state index >= 15 is 0 Å². The van der Waals surface area contributed by atoms with Crippen LogP contribution >= 0.6 is 31.9 Å². The number of benzene rings is 1. The number of ether oxygens (including phenoxy) is 1. The normalized spacial score (nSPS) is 18.6. The second-order valence-corrected chi connectivity index (χ2v) is 7.64. The average molecular weight is 404 g/mol. The molecule has 0 N–H and O–H groups in total. The molecule has 0 spiro atoms. The Kier molecular flexibility index (Phi) is 6.89. The van der Waals surface area contributed by atoms with Gasteiger partial charge in [-0.05, 0) is 37.0 Å². The maximum Gasteiger partial charge on any atom is 0.120 e. The van der Waals surface area contributed by atoms with Gasteiger partial charge in [0.25, 0.3) is 0 Å². The number of halogens is 2. The molecule has 2 rings (SSSR count). The number of alkyl halides is 1. The first-order valence-corrected chi connectivity index (χ1v) is 9.48. The van der Waals surface area contributed by atoms with E-state index < -0.39 is 0 Å². The Morgan fingerprint density at radius 2 is 1.90 bits per heavy atom. The van der Waals surface area contributed by atoms with Crippen molar-refractivity contribution in [3.8, 4) is 5.75 Å². The summed E-state index contributed by atoms with van der Waals surface area (Å²) in [6.07, 6.45) is 9.72. The maximum absolute atomic E-state index is 5.54. The second-order valence-electron chi connectivity index (χ2n) is 5.68. The molecule has 0 heterocycles. The third kappa shape index (κ3) is 4.77. The van der Waals surface area contributed by atoms with Gasteiger partial charge in [0.05, 0.1) is 6.61 Å². The molecule has 0 radical (unpaired) electrons. The molecule has 1 saturated carbocycles. The van der Waals surface area contributed by atoms with Gasteiger partial charge in [0.2, 0.25) is 0 Å². The molecule has 0 aromatic heterocycles. The highest BCUT2D eigenvalue weighted by Gasteiger charge is 2.19.